The number of fused-ring (bicyclic) bond motifs is 1. The minimum atomic E-state index is -4.53. The number of halogens is 3. The molecular weight excluding hydrogens is 389 g/mol. The van der Waals surface area contributed by atoms with Gasteiger partial charge in [-0.1, -0.05) is 0 Å². The van der Waals surface area contributed by atoms with Gasteiger partial charge in [-0.15, -0.1) is 0 Å². The first kappa shape index (κ1) is 18.5. The number of alkyl halides is 3. The first-order valence-electron chi connectivity index (χ1n) is 8.42. The number of carbonyl (C=O) groups excluding carboxylic acids is 1. The second-order valence-corrected chi connectivity index (χ2v) is 6.17. The zero-order chi connectivity index (χ0) is 20.6. The summed E-state index contributed by atoms with van der Waals surface area (Å²) < 4.78 is 45.9. The second-order valence-electron chi connectivity index (χ2n) is 6.17. The molecule has 0 atom stereocenters. The fourth-order valence-corrected chi connectivity index (χ4v) is 2.89. The van der Waals surface area contributed by atoms with Crippen LogP contribution in [0.2, 0.25) is 0 Å². The highest BCUT2D eigenvalue weighted by Gasteiger charge is 2.31. The van der Waals surface area contributed by atoms with Crippen molar-refractivity contribution in [2.75, 3.05) is 5.32 Å². The number of amides is 1. The topological polar surface area (TPSA) is 92.9 Å². The third-order valence-corrected chi connectivity index (χ3v) is 4.26. The van der Waals surface area contributed by atoms with Crippen molar-refractivity contribution in [3.63, 3.8) is 0 Å². The Morgan fingerprint density at radius 3 is 2.72 bits per heavy atom. The van der Waals surface area contributed by atoms with E-state index in [9.17, 15) is 22.8 Å². The summed E-state index contributed by atoms with van der Waals surface area (Å²) in [5.41, 5.74) is -1.20. The van der Waals surface area contributed by atoms with Crippen LogP contribution in [0.5, 0.6) is 0 Å². The third kappa shape index (κ3) is 3.64. The summed E-state index contributed by atoms with van der Waals surface area (Å²) in [6.45, 7) is 0.121. The van der Waals surface area contributed by atoms with Crippen molar-refractivity contribution in [1.82, 2.24) is 14.5 Å². The van der Waals surface area contributed by atoms with Gasteiger partial charge in [-0.2, -0.15) is 13.2 Å². The molecule has 0 bridgehead atoms. The number of aromatic amines is 1. The quantitative estimate of drug-likeness (QED) is 0.545. The van der Waals surface area contributed by atoms with E-state index in [2.05, 4.69) is 15.3 Å². The Bertz CT molecular complexity index is 1240. The van der Waals surface area contributed by atoms with E-state index in [1.54, 1.807) is 12.1 Å². The Balaban J connectivity index is 1.79. The molecule has 1 aromatic carbocycles. The lowest BCUT2D eigenvalue weighted by atomic mass is 10.2. The van der Waals surface area contributed by atoms with Gasteiger partial charge in [0.2, 0.25) is 5.95 Å². The fraction of sp³-hybridized carbons (Fsp3) is 0.105. The molecule has 4 rings (SSSR count). The monoisotopic (exact) mass is 402 g/mol. The van der Waals surface area contributed by atoms with Crippen LogP contribution in [0.15, 0.2) is 64.1 Å². The smallest absolute Gasteiger partial charge is 0.416 e. The summed E-state index contributed by atoms with van der Waals surface area (Å²) in [5, 5.41) is 2.50. The van der Waals surface area contributed by atoms with Crippen molar-refractivity contribution in [2.24, 2.45) is 0 Å². The number of hydrogen-bond donors (Lipinski definition) is 2. The van der Waals surface area contributed by atoms with Crippen LogP contribution in [0.3, 0.4) is 0 Å². The van der Waals surface area contributed by atoms with Crippen LogP contribution in [0, 0.1) is 0 Å². The molecule has 0 aliphatic rings. The molecule has 0 saturated heterocycles. The van der Waals surface area contributed by atoms with E-state index in [0.29, 0.717) is 11.3 Å². The van der Waals surface area contributed by atoms with Crippen molar-refractivity contribution in [1.29, 1.82) is 0 Å². The maximum atomic E-state index is 13.0. The number of nitrogens with one attached hydrogen (secondary N) is 2. The highest BCUT2D eigenvalue weighted by Crippen LogP contribution is 2.32. The molecule has 0 radical (unpaired) electrons. The summed E-state index contributed by atoms with van der Waals surface area (Å²) in [6, 6.07) is 9.28. The summed E-state index contributed by atoms with van der Waals surface area (Å²) >= 11 is 0. The number of hydrogen-bond acceptors (Lipinski definition) is 4. The van der Waals surface area contributed by atoms with Gasteiger partial charge < -0.3 is 14.0 Å². The van der Waals surface area contributed by atoms with Gasteiger partial charge in [0.1, 0.15) is 11.3 Å². The number of furan rings is 1. The zero-order valence-corrected chi connectivity index (χ0v) is 14.7. The number of anilines is 1. The molecular formula is C19H13F3N4O3. The van der Waals surface area contributed by atoms with E-state index in [1.165, 1.54) is 35.2 Å². The van der Waals surface area contributed by atoms with Crippen molar-refractivity contribution < 1.29 is 22.4 Å². The molecule has 1 amide bonds. The second kappa shape index (κ2) is 6.97. The van der Waals surface area contributed by atoms with E-state index in [0.717, 1.165) is 12.1 Å². The molecule has 148 valence electrons. The molecule has 29 heavy (non-hydrogen) atoms. The fourth-order valence-electron chi connectivity index (χ4n) is 2.89. The number of carbonyl (C=O) groups is 1. The number of imidazole rings is 1. The SMILES string of the molecule is O=C(Nc1nc2cc(C(F)(F)F)ccc2n1Cc1ccco1)c1ccc[nH]c1=O. The maximum Gasteiger partial charge on any atom is 0.416 e. The highest BCUT2D eigenvalue weighted by molar-refractivity contribution is 6.03. The van der Waals surface area contributed by atoms with Gasteiger partial charge in [0.05, 0.1) is 29.4 Å². The van der Waals surface area contributed by atoms with E-state index in [4.69, 9.17) is 4.42 Å². The van der Waals surface area contributed by atoms with Crippen molar-refractivity contribution >= 4 is 22.9 Å². The van der Waals surface area contributed by atoms with Crippen LogP contribution in [-0.4, -0.2) is 20.4 Å². The lowest BCUT2D eigenvalue weighted by Gasteiger charge is -2.09. The standard InChI is InChI=1S/C19H13F3N4O3/c20-19(21,22)11-5-6-15-14(9-11)24-18(26(15)10-12-3-2-8-29-12)25-17(28)13-4-1-7-23-16(13)27/h1-9H,10H2,(H,23,27)(H,24,25,28). The Labute approximate surface area is 160 Å². The van der Waals surface area contributed by atoms with Gasteiger partial charge in [-0.25, -0.2) is 4.98 Å². The van der Waals surface area contributed by atoms with E-state index >= 15 is 0 Å². The molecule has 2 N–H and O–H groups in total. The molecule has 7 nitrogen and oxygen atoms in total. The number of aromatic nitrogens is 3. The predicted octanol–water partition coefficient (Wildman–Crippen LogP) is 3.64. The van der Waals surface area contributed by atoms with Gasteiger partial charge in [-0.05, 0) is 42.5 Å². The van der Waals surface area contributed by atoms with E-state index in [1.807, 2.05) is 0 Å². The Morgan fingerprint density at radius 2 is 2.03 bits per heavy atom. The van der Waals surface area contributed by atoms with Crippen LogP contribution < -0.4 is 10.9 Å². The van der Waals surface area contributed by atoms with Crippen LogP contribution in [0.4, 0.5) is 19.1 Å². The Hall–Kier alpha value is -3.82. The van der Waals surface area contributed by atoms with Crippen LogP contribution in [0.1, 0.15) is 21.7 Å². The first-order valence-corrected chi connectivity index (χ1v) is 8.42. The van der Waals surface area contributed by atoms with Gasteiger partial charge >= 0.3 is 6.18 Å². The minimum absolute atomic E-state index is 0.0102. The number of pyridine rings is 1. The number of H-pyrrole nitrogens is 1. The molecule has 0 unspecified atom stereocenters. The van der Waals surface area contributed by atoms with E-state index < -0.39 is 23.2 Å². The van der Waals surface area contributed by atoms with Gasteiger partial charge in [0.25, 0.3) is 11.5 Å². The van der Waals surface area contributed by atoms with Gasteiger partial charge in [0, 0.05) is 6.20 Å². The Morgan fingerprint density at radius 1 is 1.21 bits per heavy atom. The normalized spacial score (nSPS) is 11.7. The average molecular weight is 402 g/mol. The third-order valence-electron chi connectivity index (χ3n) is 4.26. The van der Waals surface area contributed by atoms with Crippen LogP contribution in [-0.2, 0) is 12.7 Å². The molecule has 0 spiro atoms. The summed E-state index contributed by atoms with van der Waals surface area (Å²) in [4.78, 5) is 30.9. The van der Waals surface area contributed by atoms with Crippen LogP contribution >= 0.6 is 0 Å². The largest absolute Gasteiger partial charge is 0.467 e. The summed E-state index contributed by atoms with van der Waals surface area (Å²) in [6.07, 6.45) is -1.69. The Kier molecular flexibility index (Phi) is 4.45. The average Bonchev–Trinajstić information content (AvgIpc) is 3.29. The predicted molar refractivity (Wildman–Crippen MR) is 97.6 cm³/mol. The molecule has 0 saturated carbocycles. The van der Waals surface area contributed by atoms with Gasteiger partial charge in [-0.3, -0.25) is 14.9 Å². The molecule has 3 heterocycles. The molecule has 10 heteroatoms. The molecule has 0 aliphatic carbocycles. The van der Waals surface area contributed by atoms with E-state index in [-0.39, 0.29) is 23.6 Å². The van der Waals surface area contributed by atoms with Crippen molar-refractivity contribution in [3.05, 3.63) is 82.2 Å². The number of nitrogens with zero attached hydrogens (tertiary/aromatic N) is 2. The van der Waals surface area contributed by atoms with Crippen molar-refractivity contribution in [2.45, 2.75) is 12.7 Å². The van der Waals surface area contributed by atoms with Crippen molar-refractivity contribution in [3.8, 4) is 0 Å². The maximum absolute atomic E-state index is 13.0. The molecule has 4 aromatic rings. The lowest BCUT2D eigenvalue weighted by molar-refractivity contribution is -0.137. The lowest BCUT2D eigenvalue weighted by Crippen LogP contribution is -2.24. The number of benzene rings is 1. The summed E-state index contributed by atoms with van der Waals surface area (Å²) in [5.74, 6) is -0.236. The van der Waals surface area contributed by atoms with Gasteiger partial charge in [0.15, 0.2) is 0 Å². The summed E-state index contributed by atoms with van der Waals surface area (Å²) in [7, 11) is 0. The zero-order valence-electron chi connectivity index (χ0n) is 14.7. The highest BCUT2D eigenvalue weighted by atomic mass is 19.4. The molecule has 0 aliphatic heterocycles. The first-order chi connectivity index (χ1) is 13.8. The van der Waals surface area contributed by atoms with Crippen LogP contribution in [0.25, 0.3) is 11.0 Å². The minimum Gasteiger partial charge on any atom is -0.467 e. The molecule has 3 aromatic heterocycles. The molecule has 0 fully saturated rings. The number of rotatable bonds is 4.